The third-order valence-corrected chi connectivity index (χ3v) is 5.96. The molecule has 0 bridgehead atoms. The summed E-state index contributed by atoms with van der Waals surface area (Å²) in [5.74, 6) is 0.774. The van der Waals surface area contributed by atoms with Crippen molar-refractivity contribution < 1.29 is 22.8 Å². The number of amides is 1. The van der Waals surface area contributed by atoms with Crippen LogP contribution in [0.3, 0.4) is 0 Å². The number of aromatic nitrogens is 2. The van der Waals surface area contributed by atoms with E-state index in [1.807, 2.05) is 36.1 Å². The van der Waals surface area contributed by atoms with E-state index < -0.39 is 6.43 Å². The molecule has 3 heterocycles. The molecule has 1 aliphatic rings. The van der Waals surface area contributed by atoms with E-state index in [1.54, 1.807) is 6.92 Å². The van der Waals surface area contributed by atoms with Crippen LogP contribution in [0.15, 0.2) is 34.9 Å². The van der Waals surface area contributed by atoms with Gasteiger partial charge in [0.25, 0.3) is 12.1 Å². The summed E-state index contributed by atoms with van der Waals surface area (Å²) >= 11 is 0. The minimum absolute atomic E-state index is 0.0641. The molecule has 6 nitrogen and oxygen atoms in total. The lowest BCUT2D eigenvalue weighted by atomic mass is 9.92. The maximum atomic E-state index is 13.7. The predicted molar refractivity (Wildman–Crippen MR) is 116 cm³/mol. The normalized spacial score (nSPS) is 16.7. The van der Waals surface area contributed by atoms with E-state index in [0.29, 0.717) is 43.9 Å². The van der Waals surface area contributed by atoms with Gasteiger partial charge in [-0.1, -0.05) is 17.3 Å². The Morgan fingerprint density at radius 1 is 1.31 bits per heavy atom. The van der Waals surface area contributed by atoms with E-state index in [1.165, 1.54) is 6.07 Å². The molecule has 1 atom stereocenters. The smallest absolute Gasteiger partial charge is 0.264 e. The van der Waals surface area contributed by atoms with Crippen molar-refractivity contribution in [1.29, 1.82) is 0 Å². The Morgan fingerprint density at radius 2 is 2.09 bits per heavy atom. The number of ether oxygens (including phenoxy) is 1. The van der Waals surface area contributed by atoms with Crippen molar-refractivity contribution in [2.45, 2.75) is 51.9 Å². The highest BCUT2D eigenvalue weighted by molar-refractivity contribution is 5.80. The zero-order valence-corrected chi connectivity index (χ0v) is 18.3. The molecule has 170 valence electrons. The van der Waals surface area contributed by atoms with Crippen LogP contribution in [0.25, 0.3) is 11.1 Å². The van der Waals surface area contributed by atoms with Crippen LogP contribution in [0.4, 0.5) is 8.78 Å². The highest BCUT2D eigenvalue weighted by atomic mass is 19.3. The summed E-state index contributed by atoms with van der Waals surface area (Å²) in [5.41, 5.74) is 2.04. The summed E-state index contributed by atoms with van der Waals surface area (Å²) < 4.78 is 38.0. The Labute approximate surface area is 185 Å². The lowest BCUT2D eigenvalue weighted by molar-refractivity contribution is -0.132. The van der Waals surface area contributed by atoms with Crippen LogP contribution in [-0.2, 0) is 11.2 Å². The van der Waals surface area contributed by atoms with Crippen LogP contribution in [0.1, 0.15) is 61.0 Å². The zero-order valence-electron chi connectivity index (χ0n) is 18.3. The Bertz CT molecular complexity index is 1080. The van der Waals surface area contributed by atoms with E-state index in [9.17, 15) is 13.6 Å². The number of alkyl halides is 2. The summed E-state index contributed by atoms with van der Waals surface area (Å²) in [5, 5.41) is 4.07. The fourth-order valence-electron chi connectivity index (χ4n) is 4.30. The summed E-state index contributed by atoms with van der Waals surface area (Å²) in [6, 6.07) is 9.22. The molecule has 0 saturated carbocycles. The molecule has 32 heavy (non-hydrogen) atoms. The molecule has 1 fully saturated rings. The molecule has 8 heteroatoms. The molecule has 3 aromatic rings. The van der Waals surface area contributed by atoms with Crippen LogP contribution >= 0.6 is 0 Å². The second kappa shape index (κ2) is 9.63. The van der Waals surface area contributed by atoms with Gasteiger partial charge in [-0.25, -0.2) is 13.8 Å². The minimum atomic E-state index is -2.65. The molecule has 0 N–H and O–H groups in total. The number of likely N-dealkylation sites (tertiary alicyclic amines) is 1. The molecule has 1 saturated heterocycles. The van der Waals surface area contributed by atoms with E-state index in [4.69, 9.17) is 9.26 Å². The second-order valence-electron chi connectivity index (χ2n) is 8.14. The number of aryl methyl sites for hydroxylation is 2. The summed E-state index contributed by atoms with van der Waals surface area (Å²) in [7, 11) is 0. The first-order valence-electron chi connectivity index (χ1n) is 11.0. The topological polar surface area (TPSA) is 68.5 Å². The summed E-state index contributed by atoms with van der Waals surface area (Å²) in [6.07, 6.45) is -0.0108. The van der Waals surface area contributed by atoms with Gasteiger partial charge < -0.3 is 14.2 Å². The number of carbonyl (C=O) groups is 1. The number of rotatable bonds is 7. The zero-order chi connectivity index (χ0) is 22.7. The first-order valence-corrected chi connectivity index (χ1v) is 11.0. The van der Waals surface area contributed by atoms with Crippen LogP contribution < -0.4 is 4.74 Å². The number of nitrogens with zero attached hydrogens (tertiary/aromatic N) is 3. The number of piperidine rings is 1. The van der Waals surface area contributed by atoms with Gasteiger partial charge in [0.1, 0.15) is 5.75 Å². The van der Waals surface area contributed by atoms with Crippen molar-refractivity contribution in [3.05, 3.63) is 52.8 Å². The first-order chi connectivity index (χ1) is 15.5. The average Bonchev–Trinajstić information content (AvgIpc) is 3.18. The van der Waals surface area contributed by atoms with Gasteiger partial charge in [0.05, 0.1) is 17.7 Å². The molecular weight excluding hydrogens is 416 g/mol. The highest BCUT2D eigenvalue weighted by Gasteiger charge is 2.28. The Hall–Kier alpha value is -3.03. The van der Waals surface area contributed by atoms with Crippen molar-refractivity contribution in [3.63, 3.8) is 0 Å². The van der Waals surface area contributed by atoms with Crippen molar-refractivity contribution in [3.8, 4) is 5.75 Å². The largest absolute Gasteiger partial charge is 0.494 e. The van der Waals surface area contributed by atoms with Crippen molar-refractivity contribution >= 4 is 17.0 Å². The summed E-state index contributed by atoms with van der Waals surface area (Å²) in [4.78, 5) is 19.1. The van der Waals surface area contributed by atoms with E-state index in [0.717, 1.165) is 24.2 Å². The van der Waals surface area contributed by atoms with Crippen molar-refractivity contribution in [1.82, 2.24) is 15.0 Å². The van der Waals surface area contributed by atoms with Gasteiger partial charge in [0.2, 0.25) is 5.91 Å². The number of hydrogen-bond donors (Lipinski definition) is 0. The quantitative estimate of drug-likeness (QED) is 0.502. The Morgan fingerprint density at radius 3 is 2.81 bits per heavy atom. The number of fused-ring (bicyclic) bond motifs is 1. The van der Waals surface area contributed by atoms with Gasteiger partial charge in [0, 0.05) is 36.7 Å². The standard InChI is InChI=1S/C24H27F2N3O3/c1-3-31-18-9-6-16(7-10-18)8-11-21(30)29-12-4-5-17(14-29)20-13-19(23(25)26)22-15(2)28-32-24(22)27-20/h6-7,9-10,13,17,23H,3-5,8,11-12,14H2,1-2H3/t17-/m1/s1. The lowest BCUT2D eigenvalue weighted by Crippen LogP contribution is -2.39. The Kier molecular flexibility index (Phi) is 6.67. The van der Waals surface area contributed by atoms with Gasteiger partial charge in [-0.15, -0.1) is 0 Å². The monoisotopic (exact) mass is 443 g/mol. The van der Waals surface area contributed by atoms with Crippen LogP contribution in [0.2, 0.25) is 0 Å². The first kappa shape index (κ1) is 22.2. The fourth-order valence-corrected chi connectivity index (χ4v) is 4.30. The number of benzene rings is 1. The van der Waals surface area contributed by atoms with Crippen molar-refractivity contribution in [2.75, 3.05) is 19.7 Å². The minimum Gasteiger partial charge on any atom is -0.494 e. The third-order valence-electron chi connectivity index (χ3n) is 5.96. The van der Waals surface area contributed by atoms with E-state index >= 15 is 0 Å². The van der Waals surface area contributed by atoms with Crippen LogP contribution in [0, 0.1) is 6.92 Å². The SMILES string of the molecule is CCOc1ccc(CCC(=O)N2CCC[C@@H](c3cc(C(F)F)c4c(C)noc4n3)C2)cc1. The van der Waals surface area contributed by atoms with E-state index in [-0.39, 0.29) is 28.5 Å². The molecule has 2 aromatic heterocycles. The second-order valence-corrected chi connectivity index (χ2v) is 8.14. The number of pyridine rings is 1. The molecule has 4 rings (SSSR count). The van der Waals surface area contributed by atoms with Gasteiger partial charge >= 0.3 is 0 Å². The van der Waals surface area contributed by atoms with Crippen LogP contribution in [-0.4, -0.2) is 40.6 Å². The molecule has 0 spiro atoms. The maximum absolute atomic E-state index is 13.7. The van der Waals surface area contributed by atoms with Crippen LogP contribution in [0.5, 0.6) is 5.75 Å². The fraction of sp³-hybridized carbons (Fsp3) is 0.458. The lowest BCUT2D eigenvalue weighted by Gasteiger charge is -2.32. The number of hydrogen-bond acceptors (Lipinski definition) is 5. The molecule has 1 amide bonds. The molecular formula is C24H27F2N3O3. The number of halogens is 2. The Balaban J connectivity index is 1.43. The van der Waals surface area contributed by atoms with Gasteiger partial charge in [-0.05, 0) is 56.9 Å². The summed E-state index contributed by atoms with van der Waals surface area (Å²) in [6.45, 7) is 5.32. The van der Waals surface area contributed by atoms with E-state index in [2.05, 4.69) is 10.1 Å². The number of carbonyl (C=O) groups excluding carboxylic acids is 1. The molecule has 1 aliphatic heterocycles. The predicted octanol–water partition coefficient (Wildman–Crippen LogP) is 5.21. The van der Waals surface area contributed by atoms with Gasteiger partial charge in [-0.3, -0.25) is 4.79 Å². The molecule has 0 aliphatic carbocycles. The van der Waals surface area contributed by atoms with Crippen molar-refractivity contribution in [2.24, 2.45) is 0 Å². The highest BCUT2D eigenvalue weighted by Crippen LogP contribution is 2.34. The maximum Gasteiger partial charge on any atom is 0.264 e. The molecule has 0 radical (unpaired) electrons. The van der Waals surface area contributed by atoms with Gasteiger partial charge in [0.15, 0.2) is 0 Å². The van der Waals surface area contributed by atoms with Gasteiger partial charge in [-0.2, -0.15) is 0 Å². The average molecular weight is 443 g/mol. The molecule has 1 aromatic carbocycles. The third kappa shape index (κ3) is 4.74. The molecule has 0 unspecified atom stereocenters.